The van der Waals surface area contributed by atoms with Crippen molar-refractivity contribution in [3.8, 4) is 0 Å². The lowest BCUT2D eigenvalue weighted by molar-refractivity contribution is 0.0695. The number of carbonyl (C=O) groups is 1. The Kier molecular flexibility index (Phi) is 4.56. The van der Waals surface area contributed by atoms with Crippen LogP contribution in [-0.4, -0.2) is 36.5 Å². The number of hydrogen-bond acceptors (Lipinski definition) is 3. The number of nitrogens with zero attached hydrogens (tertiary/aromatic N) is 1. The van der Waals surface area contributed by atoms with E-state index in [1.165, 1.54) is 17.5 Å². The van der Waals surface area contributed by atoms with E-state index in [0.717, 1.165) is 38.0 Å². The number of benzene rings is 1. The summed E-state index contributed by atoms with van der Waals surface area (Å²) in [6.45, 7) is 6.21. The normalized spacial score (nSPS) is 21.4. The molecule has 1 aromatic rings. The molecule has 2 heterocycles. The Morgan fingerprint density at radius 2 is 2.24 bits per heavy atom. The Hall–Kier alpha value is -1.39. The lowest BCUT2D eigenvalue weighted by atomic mass is 10.0. The first-order valence-electron chi connectivity index (χ1n) is 8.00. The summed E-state index contributed by atoms with van der Waals surface area (Å²) in [7, 11) is 0. The number of amides is 1. The first-order valence-corrected chi connectivity index (χ1v) is 8.00. The van der Waals surface area contributed by atoms with E-state index < -0.39 is 0 Å². The smallest absolute Gasteiger partial charge is 0.253 e. The van der Waals surface area contributed by atoms with Gasteiger partial charge in [0.25, 0.3) is 5.91 Å². The number of hydrogen-bond donors (Lipinski definition) is 1. The summed E-state index contributed by atoms with van der Waals surface area (Å²) in [6, 6.07) is 6.43. The Morgan fingerprint density at radius 1 is 1.38 bits per heavy atom. The van der Waals surface area contributed by atoms with Crippen LogP contribution in [0.2, 0.25) is 0 Å². The fraction of sp³-hybridized carbons (Fsp3) is 0.588. The molecule has 1 unspecified atom stereocenters. The van der Waals surface area contributed by atoms with Crippen molar-refractivity contribution in [2.75, 3.05) is 19.6 Å². The van der Waals surface area contributed by atoms with Gasteiger partial charge in [0, 0.05) is 24.7 Å². The molecule has 0 bridgehead atoms. The van der Waals surface area contributed by atoms with Crippen LogP contribution >= 0.6 is 0 Å². The molecule has 0 radical (unpaired) electrons. The van der Waals surface area contributed by atoms with Crippen LogP contribution in [0.3, 0.4) is 0 Å². The molecule has 2 aliphatic rings. The minimum Gasteiger partial charge on any atom is -0.372 e. The van der Waals surface area contributed by atoms with Crippen molar-refractivity contribution in [1.82, 2.24) is 10.2 Å². The summed E-state index contributed by atoms with van der Waals surface area (Å²) in [4.78, 5) is 14.7. The maximum absolute atomic E-state index is 12.7. The highest BCUT2D eigenvalue weighted by atomic mass is 16.5. The van der Waals surface area contributed by atoms with Crippen molar-refractivity contribution in [3.05, 3.63) is 34.9 Å². The Bertz CT molecular complexity index is 516. The molecule has 2 aliphatic heterocycles. The molecule has 1 fully saturated rings. The second-order valence-electron chi connectivity index (χ2n) is 6.02. The fourth-order valence-corrected chi connectivity index (χ4v) is 3.16. The van der Waals surface area contributed by atoms with Crippen LogP contribution in [0.25, 0.3) is 0 Å². The van der Waals surface area contributed by atoms with Crippen molar-refractivity contribution < 1.29 is 9.53 Å². The van der Waals surface area contributed by atoms with Crippen molar-refractivity contribution in [2.45, 2.75) is 45.4 Å². The minimum absolute atomic E-state index is 0.160. The number of piperidine rings is 1. The second-order valence-corrected chi connectivity index (χ2v) is 6.02. The van der Waals surface area contributed by atoms with Crippen LogP contribution in [0, 0.1) is 0 Å². The van der Waals surface area contributed by atoms with Gasteiger partial charge in [-0.25, -0.2) is 0 Å². The molecular weight excluding hydrogens is 264 g/mol. The number of rotatable bonds is 4. The van der Waals surface area contributed by atoms with Crippen molar-refractivity contribution in [2.24, 2.45) is 0 Å². The number of nitrogens with one attached hydrogen (secondary N) is 1. The number of ether oxygens (including phenoxy) is 1. The first-order chi connectivity index (χ1) is 10.3. The quantitative estimate of drug-likeness (QED) is 0.924. The molecule has 1 atom stereocenters. The summed E-state index contributed by atoms with van der Waals surface area (Å²) in [5.41, 5.74) is 3.18. The second kappa shape index (κ2) is 6.58. The monoisotopic (exact) mass is 288 g/mol. The lowest BCUT2D eigenvalue weighted by Gasteiger charge is -2.33. The van der Waals surface area contributed by atoms with Gasteiger partial charge in [-0.15, -0.1) is 0 Å². The average molecular weight is 288 g/mol. The highest BCUT2D eigenvalue weighted by Crippen LogP contribution is 2.22. The zero-order valence-electron chi connectivity index (χ0n) is 12.7. The predicted molar refractivity (Wildman–Crippen MR) is 82.2 cm³/mol. The molecule has 21 heavy (non-hydrogen) atoms. The number of likely N-dealkylation sites (tertiary alicyclic amines) is 1. The topological polar surface area (TPSA) is 41.6 Å². The largest absolute Gasteiger partial charge is 0.372 e. The third-order valence-corrected chi connectivity index (χ3v) is 4.36. The van der Waals surface area contributed by atoms with E-state index >= 15 is 0 Å². The lowest BCUT2D eigenvalue weighted by Crippen LogP contribution is -2.48. The highest BCUT2D eigenvalue weighted by molar-refractivity contribution is 5.94. The predicted octanol–water partition coefficient (Wildman–Crippen LogP) is 2.32. The molecule has 3 rings (SSSR count). The average Bonchev–Trinajstić information content (AvgIpc) is 3.00. The Morgan fingerprint density at radius 3 is 3.10 bits per heavy atom. The van der Waals surface area contributed by atoms with E-state index in [4.69, 9.17) is 4.74 Å². The van der Waals surface area contributed by atoms with Gasteiger partial charge < -0.3 is 15.0 Å². The van der Waals surface area contributed by atoms with Crippen LogP contribution in [0.4, 0.5) is 0 Å². The molecule has 4 nitrogen and oxygen atoms in total. The number of carbonyl (C=O) groups excluding carboxylic acids is 1. The molecule has 0 spiro atoms. The van der Waals surface area contributed by atoms with Gasteiger partial charge >= 0.3 is 0 Å². The molecule has 1 saturated heterocycles. The van der Waals surface area contributed by atoms with Gasteiger partial charge in [0.1, 0.15) is 0 Å². The Balaban J connectivity index is 1.67. The van der Waals surface area contributed by atoms with Crippen LogP contribution < -0.4 is 5.32 Å². The zero-order valence-corrected chi connectivity index (χ0v) is 12.7. The van der Waals surface area contributed by atoms with Crippen molar-refractivity contribution >= 4 is 5.91 Å². The third kappa shape index (κ3) is 3.27. The van der Waals surface area contributed by atoms with Crippen LogP contribution in [0.1, 0.15) is 47.7 Å². The van der Waals surface area contributed by atoms with Crippen LogP contribution in [0.15, 0.2) is 18.2 Å². The molecule has 1 aromatic carbocycles. The summed E-state index contributed by atoms with van der Waals surface area (Å²) in [5, 5.41) is 3.54. The van der Waals surface area contributed by atoms with Crippen molar-refractivity contribution in [3.63, 3.8) is 0 Å². The van der Waals surface area contributed by atoms with E-state index in [2.05, 4.69) is 12.2 Å². The molecule has 114 valence electrons. The van der Waals surface area contributed by atoms with E-state index in [0.29, 0.717) is 19.3 Å². The van der Waals surface area contributed by atoms with Gasteiger partial charge in [-0.1, -0.05) is 13.0 Å². The van der Waals surface area contributed by atoms with Gasteiger partial charge in [-0.2, -0.15) is 0 Å². The van der Waals surface area contributed by atoms with Gasteiger partial charge in [0.15, 0.2) is 0 Å². The van der Waals surface area contributed by atoms with E-state index in [9.17, 15) is 4.79 Å². The molecule has 1 N–H and O–H groups in total. The summed E-state index contributed by atoms with van der Waals surface area (Å²) >= 11 is 0. The molecule has 0 saturated carbocycles. The maximum Gasteiger partial charge on any atom is 0.253 e. The standard InChI is InChI=1S/C17H24N2O2/c1-2-7-18-16-4-3-8-19(10-16)17(20)13-5-6-14-11-21-12-15(14)9-13/h5-6,9,16,18H,2-4,7-8,10-12H2,1H3. The van der Waals surface area contributed by atoms with E-state index in [1.807, 2.05) is 23.1 Å². The first kappa shape index (κ1) is 14.5. The van der Waals surface area contributed by atoms with Crippen LogP contribution in [-0.2, 0) is 18.0 Å². The van der Waals surface area contributed by atoms with Gasteiger partial charge in [0.05, 0.1) is 13.2 Å². The van der Waals surface area contributed by atoms with Gasteiger partial charge in [-0.05, 0) is 49.1 Å². The van der Waals surface area contributed by atoms with Gasteiger partial charge in [-0.3, -0.25) is 4.79 Å². The third-order valence-electron chi connectivity index (χ3n) is 4.36. The van der Waals surface area contributed by atoms with Crippen molar-refractivity contribution in [1.29, 1.82) is 0 Å². The molecule has 1 amide bonds. The van der Waals surface area contributed by atoms with Gasteiger partial charge in [0.2, 0.25) is 0 Å². The molecular formula is C17H24N2O2. The SMILES string of the molecule is CCCNC1CCCN(C(=O)c2ccc3c(c2)COC3)C1. The maximum atomic E-state index is 12.7. The zero-order chi connectivity index (χ0) is 14.7. The fourth-order valence-electron chi connectivity index (χ4n) is 3.16. The minimum atomic E-state index is 0.160. The highest BCUT2D eigenvalue weighted by Gasteiger charge is 2.24. The summed E-state index contributed by atoms with van der Waals surface area (Å²) in [5.74, 6) is 0.160. The Labute approximate surface area is 126 Å². The van der Waals surface area contributed by atoms with E-state index in [1.54, 1.807) is 0 Å². The molecule has 0 aromatic heterocycles. The summed E-state index contributed by atoms with van der Waals surface area (Å²) < 4.78 is 5.42. The molecule has 4 heteroatoms. The summed E-state index contributed by atoms with van der Waals surface area (Å²) in [6.07, 6.45) is 3.39. The molecule has 0 aliphatic carbocycles. The number of fused-ring (bicyclic) bond motifs is 1. The van der Waals surface area contributed by atoms with Crippen LogP contribution in [0.5, 0.6) is 0 Å². The van der Waals surface area contributed by atoms with E-state index in [-0.39, 0.29) is 5.91 Å².